The molecule has 2 nitrogen and oxygen atoms in total. The van der Waals surface area contributed by atoms with Crippen molar-refractivity contribution in [2.75, 3.05) is 13.2 Å². The van der Waals surface area contributed by atoms with E-state index in [1.165, 1.54) is 12.8 Å². The van der Waals surface area contributed by atoms with Crippen molar-refractivity contribution in [2.24, 2.45) is 17.8 Å². The topological polar surface area (TPSA) is 21.8 Å². The predicted octanol–water partition coefficient (Wildman–Crippen LogP) is 2.79. The molecule has 18 heavy (non-hydrogen) atoms. The molecule has 2 aliphatic carbocycles. The summed E-state index contributed by atoms with van der Waals surface area (Å²) in [5.41, 5.74) is -0.334. The molecule has 4 unspecified atom stereocenters. The van der Waals surface area contributed by atoms with Gasteiger partial charge in [-0.2, -0.15) is 0 Å². The monoisotopic (exact) mass is 246 g/mol. The predicted molar refractivity (Wildman–Crippen MR) is 71.0 cm³/mol. The van der Waals surface area contributed by atoms with E-state index in [9.17, 15) is 0 Å². The van der Waals surface area contributed by atoms with Gasteiger partial charge in [0.05, 0.1) is 13.2 Å². The van der Waals surface area contributed by atoms with Gasteiger partial charge in [0.2, 0.25) is 0 Å². The lowest BCUT2D eigenvalue weighted by Gasteiger charge is -2.19. The van der Waals surface area contributed by atoms with Gasteiger partial charge in [0.15, 0.2) is 0 Å². The van der Waals surface area contributed by atoms with Crippen molar-refractivity contribution in [1.82, 2.24) is 0 Å². The summed E-state index contributed by atoms with van der Waals surface area (Å²) < 4.78 is 10.9. The number of allylic oxidation sites excluding steroid dienone is 2. The first-order valence-electron chi connectivity index (χ1n) is 7.06. The highest BCUT2D eigenvalue weighted by Gasteiger charge is 2.34. The van der Waals surface area contributed by atoms with E-state index in [0.717, 1.165) is 30.8 Å². The molecule has 0 aromatic rings. The van der Waals surface area contributed by atoms with Gasteiger partial charge in [0, 0.05) is 6.42 Å². The Bertz CT molecular complexity index is 395. The molecule has 1 saturated heterocycles. The molecule has 3 aliphatic rings. The zero-order valence-electron chi connectivity index (χ0n) is 11.3. The first-order valence-corrected chi connectivity index (χ1v) is 7.06. The summed E-state index contributed by atoms with van der Waals surface area (Å²) >= 11 is 0. The maximum atomic E-state index is 5.77. The minimum absolute atomic E-state index is 0.321. The number of ether oxygens (including phenoxy) is 2. The van der Waals surface area contributed by atoms with Crippen molar-refractivity contribution < 1.29 is 9.47 Å². The van der Waals surface area contributed by atoms with Gasteiger partial charge in [-0.25, -0.2) is 0 Å². The first-order chi connectivity index (χ1) is 8.62. The summed E-state index contributed by atoms with van der Waals surface area (Å²) in [6.07, 6.45) is 8.84. The first kappa shape index (κ1) is 12.3. The molecule has 0 amide bonds. The fourth-order valence-corrected chi connectivity index (χ4v) is 3.03. The minimum Gasteiger partial charge on any atom is -0.371 e. The van der Waals surface area contributed by atoms with Crippen LogP contribution in [0.3, 0.4) is 0 Å². The van der Waals surface area contributed by atoms with Gasteiger partial charge in [-0.1, -0.05) is 24.0 Å². The molecule has 2 bridgehead atoms. The van der Waals surface area contributed by atoms with Gasteiger partial charge in [-0.15, -0.1) is 0 Å². The van der Waals surface area contributed by atoms with Crippen LogP contribution in [0.15, 0.2) is 12.2 Å². The fourth-order valence-electron chi connectivity index (χ4n) is 3.03. The highest BCUT2D eigenvalue weighted by atomic mass is 16.6. The van der Waals surface area contributed by atoms with E-state index in [0.29, 0.717) is 12.7 Å². The average Bonchev–Trinajstić information content (AvgIpc) is 2.94. The smallest absolute Gasteiger partial charge is 0.123 e. The molecule has 0 N–H and O–H groups in total. The molecule has 2 fully saturated rings. The fraction of sp³-hybridized carbons (Fsp3) is 0.750. The summed E-state index contributed by atoms with van der Waals surface area (Å²) in [6.45, 7) is 5.62. The van der Waals surface area contributed by atoms with E-state index >= 15 is 0 Å². The molecule has 0 spiro atoms. The lowest BCUT2D eigenvalue weighted by Crippen LogP contribution is -2.24. The summed E-state index contributed by atoms with van der Waals surface area (Å²) in [5, 5.41) is 0. The summed E-state index contributed by atoms with van der Waals surface area (Å²) in [4.78, 5) is 0. The van der Waals surface area contributed by atoms with Crippen LogP contribution in [-0.2, 0) is 9.47 Å². The Morgan fingerprint density at radius 2 is 2.17 bits per heavy atom. The summed E-state index contributed by atoms with van der Waals surface area (Å²) in [5.74, 6) is 9.06. The standard InChI is InChI=1S/C16H22O2/c1-16(2,18-11-15-10-17-15)7-3-4-13-8-12-5-6-14(13)9-12/h5-6,12-15H,4,8-11H2,1-2H3. The van der Waals surface area contributed by atoms with Crippen LogP contribution in [0.4, 0.5) is 0 Å². The lowest BCUT2D eigenvalue weighted by molar-refractivity contribution is 0.0177. The van der Waals surface area contributed by atoms with E-state index in [2.05, 4.69) is 24.0 Å². The van der Waals surface area contributed by atoms with Crippen LogP contribution in [-0.4, -0.2) is 24.9 Å². The SMILES string of the molecule is CC(C)(C#CCC1CC2C=CC1C2)OCC1CO1. The van der Waals surface area contributed by atoms with Crippen LogP contribution >= 0.6 is 0 Å². The number of epoxide rings is 1. The van der Waals surface area contributed by atoms with Crippen LogP contribution in [0, 0.1) is 29.6 Å². The second-order valence-corrected chi connectivity index (χ2v) is 6.32. The van der Waals surface area contributed by atoms with Crippen molar-refractivity contribution in [1.29, 1.82) is 0 Å². The van der Waals surface area contributed by atoms with Gasteiger partial charge in [-0.3, -0.25) is 0 Å². The number of fused-ring (bicyclic) bond motifs is 2. The van der Waals surface area contributed by atoms with Crippen molar-refractivity contribution in [3.8, 4) is 11.8 Å². The quantitative estimate of drug-likeness (QED) is 0.432. The van der Waals surface area contributed by atoms with Gasteiger partial charge in [0.1, 0.15) is 11.7 Å². The van der Waals surface area contributed by atoms with Crippen LogP contribution in [0.2, 0.25) is 0 Å². The Morgan fingerprint density at radius 3 is 2.78 bits per heavy atom. The molecule has 1 aliphatic heterocycles. The molecule has 3 rings (SSSR count). The minimum atomic E-state index is -0.334. The van der Waals surface area contributed by atoms with Crippen molar-refractivity contribution in [3.05, 3.63) is 12.2 Å². The molecular weight excluding hydrogens is 224 g/mol. The molecule has 4 atom stereocenters. The molecule has 2 heteroatoms. The van der Waals surface area contributed by atoms with Gasteiger partial charge < -0.3 is 9.47 Å². The second-order valence-electron chi connectivity index (χ2n) is 6.32. The number of rotatable bonds is 4. The zero-order chi connectivity index (χ0) is 12.6. The van der Waals surface area contributed by atoms with E-state index < -0.39 is 0 Å². The number of hydrogen-bond acceptors (Lipinski definition) is 2. The Morgan fingerprint density at radius 1 is 1.33 bits per heavy atom. The highest BCUT2D eigenvalue weighted by molar-refractivity contribution is 5.16. The Hall–Kier alpha value is -0.780. The van der Waals surface area contributed by atoms with E-state index in [1.807, 2.05) is 13.8 Å². The summed E-state index contributed by atoms with van der Waals surface area (Å²) in [6, 6.07) is 0. The second kappa shape index (κ2) is 4.72. The zero-order valence-corrected chi connectivity index (χ0v) is 11.3. The maximum absolute atomic E-state index is 5.77. The Balaban J connectivity index is 1.46. The molecule has 1 heterocycles. The highest BCUT2D eigenvalue weighted by Crippen LogP contribution is 2.44. The van der Waals surface area contributed by atoms with Gasteiger partial charge in [0.25, 0.3) is 0 Å². The number of hydrogen-bond donors (Lipinski definition) is 0. The molecule has 0 radical (unpaired) electrons. The van der Waals surface area contributed by atoms with Crippen LogP contribution < -0.4 is 0 Å². The van der Waals surface area contributed by atoms with Crippen LogP contribution in [0.5, 0.6) is 0 Å². The molecule has 98 valence electrons. The summed E-state index contributed by atoms with van der Waals surface area (Å²) in [7, 11) is 0. The lowest BCUT2D eigenvalue weighted by atomic mass is 9.90. The molecule has 0 aromatic carbocycles. The van der Waals surface area contributed by atoms with Crippen molar-refractivity contribution >= 4 is 0 Å². The molecule has 1 saturated carbocycles. The maximum Gasteiger partial charge on any atom is 0.123 e. The Kier molecular flexibility index (Phi) is 3.21. The normalized spacial score (nSPS) is 36.6. The van der Waals surface area contributed by atoms with Crippen molar-refractivity contribution in [3.63, 3.8) is 0 Å². The van der Waals surface area contributed by atoms with Gasteiger partial charge >= 0.3 is 0 Å². The Labute approximate surface area is 110 Å². The van der Waals surface area contributed by atoms with E-state index in [1.54, 1.807) is 0 Å². The third-order valence-corrected chi connectivity index (χ3v) is 4.20. The third kappa shape index (κ3) is 2.96. The van der Waals surface area contributed by atoms with Crippen LogP contribution in [0.25, 0.3) is 0 Å². The molecule has 0 aromatic heterocycles. The van der Waals surface area contributed by atoms with Crippen molar-refractivity contribution in [2.45, 2.75) is 44.8 Å². The van der Waals surface area contributed by atoms with Crippen LogP contribution in [0.1, 0.15) is 33.1 Å². The van der Waals surface area contributed by atoms with E-state index in [-0.39, 0.29) is 5.60 Å². The third-order valence-electron chi connectivity index (χ3n) is 4.20. The van der Waals surface area contributed by atoms with E-state index in [4.69, 9.17) is 9.47 Å². The van der Waals surface area contributed by atoms with Gasteiger partial charge in [-0.05, 0) is 44.4 Å². The average molecular weight is 246 g/mol. The molecular formula is C16H22O2. The largest absolute Gasteiger partial charge is 0.371 e.